The molecule has 33 heavy (non-hydrogen) atoms. The summed E-state index contributed by atoms with van der Waals surface area (Å²) in [6.45, 7) is 11.1. The van der Waals surface area contributed by atoms with E-state index in [1.807, 2.05) is 52.8 Å². The van der Waals surface area contributed by atoms with E-state index in [1.54, 1.807) is 4.90 Å². The summed E-state index contributed by atoms with van der Waals surface area (Å²) < 4.78 is 34.9. The van der Waals surface area contributed by atoms with Gasteiger partial charge in [0.25, 0.3) is 5.91 Å². The SMILES string of the molecule is CCOCOc1c2c(cc([C@H]3C=C[C@H]4OC(C)(C)O[C@H]4[C@@H]3N)c1C(=O)N(CC)CC)OCO2. The van der Waals surface area contributed by atoms with Crippen LogP contribution in [-0.2, 0) is 14.2 Å². The van der Waals surface area contributed by atoms with E-state index in [2.05, 4.69) is 0 Å². The fourth-order valence-corrected chi connectivity index (χ4v) is 4.64. The number of hydrogen-bond acceptors (Lipinski definition) is 8. The average molecular weight is 463 g/mol. The van der Waals surface area contributed by atoms with Crippen LogP contribution in [0.15, 0.2) is 18.2 Å². The highest BCUT2D eigenvalue weighted by molar-refractivity contribution is 6.00. The van der Waals surface area contributed by atoms with Crippen LogP contribution in [0.1, 0.15) is 56.5 Å². The van der Waals surface area contributed by atoms with Crippen molar-refractivity contribution in [3.05, 3.63) is 29.3 Å². The molecule has 1 aromatic rings. The molecule has 9 nitrogen and oxygen atoms in total. The summed E-state index contributed by atoms with van der Waals surface area (Å²) in [6.07, 6.45) is 3.37. The molecule has 4 rings (SSSR count). The van der Waals surface area contributed by atoms with Crippen LogP contribution in [0.4, 0.5) is 0 Å². The fraction of sp³-hybridized carbons (Fsp3) is 0.625. The summed E-state index contributed by atoms with van der Waals surface area (Å²) in [5.74, 6) is 0.0267. The second-order valence-corrected chi connectivity index (χ2v) is 8.69. The molecule has 1 aliphatic carbocycles. The van der Waals surface area contributed by atoms with E-state index in [9.17, 15) is 4.79 Å². The normalized spacial score (nSPS) is 26.8. The van der Waals surface area contributed by atoms with Gasteiger partial charge in [0.1, 0.15) is 12.2 Å². The predicted molar refractivity (Wildman–Crippen MR) is 121 cm³/mol. The number of amides is 1. The molecule has 0 saturated carbocycles. The van der Waals surface area contributed by atoms with Crippen LogP contribution in [0.2, 0.25) is 0 Å². The third-order valence-electron chi connectivity index (χ3n) is 6.23. The molecule has 1 amide bonds. The number of nitrogens with zero attached hydrogens (tertiary/aromatic N) is 1. The highest BCUT2D eigenvalue weighted by Gasteiger charge is 2.48. The molecule has 182 valence electrons. The summed E-state index contributed by atoms with van der Waals surface area (Å²) in [5.41, 5.74) is 7.84. The van der Waals surface area contributed by atoms with Crippen LogP contribution >= 0.6 is 0 Å². The molecule has 1 saturated heterocycles. The molecule has 2 N–H and O–H groups in total. The minimum absolute atomic E-state index is 0.0172. The van der Waals surface area contributed by atoms with Crippen molar-refractivity contribution >= 4 is 5.91 Å². The molecule has 0 spiro atoms. The Morgan fingerprint density at radius 2 is 1.94 bits per heavy atom. The third-order valence-corrected chi connectivity index (χ3v) is 6.23. The second kappa shape index (κ2) is 9.50. The van der Waals surface area contributed by atoms with Crippen LogP contribution in [0, 0.1) is 0 Å². The zero-order valence-electron chi connectivity index (χ0n) is 20.0. The number of benzene rings is 1. The van der Waals surface area contributed by atoms with Crippen LogP contribution in [0.5, 0.6) is 17.2 Å². The van der Waals surface area contributed by atoms with Crippen LogP contribution in [0.25, 0.3) is 0 Å². The molecule has 0 radical (unpaired) electrons. The minimum Gasteiger partial charge on any atom is -0.463 e. The molecule has 3 aliphatic rings. The number of carbonyl (C=O) groups excluding carboxylic acids is 1. The molecule has 4 atom stereocenters. The predicted octanol–water partition coefficient (Wildman–Crippen LogP) is 2.77. The first-order valence-electron chi connectivity index (χ1n) is 11.6. The van der Waals surface area contributed by atoms with Gasteiger partial charge in [0.15, 0.2) is 24.1 Å². The van der Waals surface area contributed by atoms with Gasteiger partial charge in [-0.05, 0) is 46.2 Å². The topological polar surface area (TPSA) is 102 Å². The first-order valence-corrected chi connectivity index (χ1v) is 11.6. The zero-order chi connectivity index (χ0) is 23.8. The van der Waals surface area contributed by atoms with E-state index < -0.39 is 11.8 Å². The Bertz CT molecular complexity index is 913. The Morgan fingerprint density at radius 1 is 1.18 bits per heavy atom. The van der Waals surface area contributed by atoms with Crippen molar-refractivity contribution in [3.8, 4) is 17.2 Å². The van der Waals surface area contributed by atoms with Crippen LogP contribution in [-0.4, -0.2) is 68.1 Å². The molecule has 9 heteroatoms. The lowest BCUT2D eigenvalue weighted by molar-refractivity contribution is -0.144. The second-order valence-electron chi connectivity index (χ2n) is 8.69. The number of nitrogens with two attached hydrogens (primary N) is 1. The van der Waals surface area contributed by atoms with Gasteiger partial charge in [-0.2, -0.15) is 0 Å². The standard InChI is InChI=1S/C24H34N2O7/c1-6-26(7-2)23(27)18-15(11-17-21(31-13-29-17)22(18)30-12-28-8-3)14-9-10-16-20(19(14)25)33-24(4,5)32-16/h9-11,14,16,19-20H,6-8,12-13,25H2,1-5H3/t14-,16-,19-,20-/m1/s1. The molecule has 1 aromatic carbocycles. The number of hydrogen-bond donors (Lipinski definition) is 1. The Kier molecular flexibility index (Phi) is 6.86. The summed E-state index contributed by atoms with van der Waals surface area (Å²) in [5, 5.41) is 0. The molecular formula is C24H34N2O7. The van der Waals surface area contributed by atoms with E-state index in [0.29, 0.717) is 48.1 Å². The highest BCUT2D eigenvalue weighted by atomic mass is 16.8. The van der Waals surface area contributed by atoms with Gasteiger partial charge >= 0.3 is 0 Å². The van der Waals surface area contributed by atoms with Crippen molar-refractivity contribution in [2.24, 2.45) is 5.73 Å². The highest BCUT2D eigenvalue weighted by Crippen LogP contribution is 2.49. The van der Waals surface area contributed by atoms with E-state index in [-0.39, 0.29) is 37.6 Å². The van der Waals surface area contributed by atoms with Crippen molar-refractivity contribution in [1.29, 1.82) is 0 Å². The quantitative estimate of drug-likeness (QED) is 0.358. The van der Waals surface area contributed by atoms with Gasteiger partial charge in [-0.3, -0.25) is 4.79 Å². The van der Waals surface area contributed by atoms with Crippen LogP contribution in [0.3, 0.4) is 0 Å². The first kappa shape index (κ1) is 23.8. The maximum Gasteiger partial charge on any atom is 0.258 e. The van der Waals surface area contributed by atoms with Gasteiger partial charge in [0.2, 0.25) is 12.5 Å². The average Bonchev–Trinajstić information content (AvgIpc) is 3.37. The molecule has 0 aromatic heterocycles. The van der Waals surface area contributed by atoms with Gasteiger partial charge < -0.3 is 39.1 Å². The van der Waals surface area contributed by atoms with Gasteiger partial charge in [-0.25, -0.2) is 0 Å². The van der Waals surface area contributed by atoms with Crippen molar-refractivity contribution in [2.45, 2.75) is 64.6 Å². The smallest absolute Gasteiger partial charge is 0.258 e. The van der Waals surface area contributed by atoms with E-state index >= 15 is 0 Å². The van der Waals surface area contributed by atoms with E-state index in [0.717, 1.165) is 0 Å². The Hall–Kier alpha value is -2.33. The lowest BCUT2D eigenvalue weighted by Gasteiger charge is -2.34. The zero-order valence-corrected chi connectivity index (χ0v) is 20.0. The molecule has 1 fully saturated rings. The van der Waals surface area contributed by atoms with Gasteiger partial charge in [0.05, 0.1) is 5.56 Å². The maximum atomic E-state index is 13.7. The molecule has 2 aliphatic heterocycles. The Morgan fingerprint density at radius 3 is 2.64 bits per heavy atom. The minimum atomic E-state index is -0.729. The number of ether oxygens (including phenoxy) is 6. The third kappa shape index (κ3) is 4.42. The monoisotopic (exact) mass is 462 g/mol. The van der Waals surface area contributed by atoms with Gasteiger partial charge in [-0.1, -0.05) is 12.2 Å². The van der Waals surface area contributed by atoms with Crippen molar-refractivity contribution < 1.29 is 33.2 Å². The van der Waals surface area contributed by atoms with Crippen molar-refractivity contribution in [3.63, 3.8) is 0 Å². The van der Waals surface area contributed by atoms with E-state index in [4.69, 9.17) is 34.2 Å². The van der Waals surface area contributed by atoms with E-state index in [1.165, 1.54) is 0 Å². The van der Waals surface area contributed by atoms with Gasteiger partial charge in [0, 0.05) is 31.7 Å². The number of carbonyl (C=O) groups is 1. The van der Waals surface area contributed by atoms with Crippen molar-refractivity contribution in [1.82, 2.24) is 4.90 Å². The lowest BCUT2D eigenvalue weighted by atomic mass is 9.80. The fourth-order valence-electron chi connectivity index (χ4n) is 4.64. The summed E-state index contributed by atoms with van der Waals surface area (Å²) >= 11 is 0. The molecule has 0 unspecified atom stereocenters. The Labute approximate surface area is 194 Å². The lowest BCUT2D eigenvalue weighted by Crippen LogP contribution is -2.47. The van der Waals surface area contributed by atoms with Crippen molar-refractivity contribution in [2.75, 3.05) is 33.3 Å². The number of fused-ring (bicyclic) bond motifs is 2. The largest absolute Gasteiger partial charge is 0.463 e. The van der Waals surface area contributed by atoms with Gasteiger partial charge in [-0.15, -0.1) is 0 Å². The molecule has 2 heterocycles. The summed E-state index contributed by atoms with van der Waals surface area (Å²) in [4.78, 5) is 15.5. The van der Waals surface area contributed by atoms with Crippen LogP contribution < -0.4 is 19.9 Å². The first-order chi connectivity index (χ1) is 15.8. The molecular weight excluding hydrogens is 428 g/mol. The summed E-state index contributed by atoms with van der Waals surface area (Å²) in [6, 6.07) is 1.40. The summed E-state index contributed by atoms with van der Waals surface area (Å²) in [7, 11) is 0. The Balaban J connectivity index is 1.83. The number of rotatable bonds is 8. The molecule has 0 bridgehead atoms. The maximum absolute atomic E-state index is 13.7.